The summed E-state index contributed by atoms with van der Waals surface area (Å²) in [5.74, 6) is 0.908. The van der Waals surface area contributed by atoms with Gasteiger partial charge >= 0.3 is 0 Å². The first-order valence-corrected chi connectivity index (χ1v) is 11.1. The maximum atomic E-state index is 12.6. The Morgan fingerprint density at radius 2 is 1.79 bits per heavy atom. The number of hydrogen-bond acceptors (Lipinski definition) is 6. The van der Waals surface area contributed by atoms with E-state index in [0.29, 0.717) is 42.2 Å². The van der Waals surface area contributed by atoms with Crippen molar-refractivity contribution in [3.8, 4) is 11.5 Å². The van der Waals surface area contributed by atoms with Crippen LogP contribution in [0.4, 0.5) is 5.69 Å². The van der Waals surface area contributed by atoms with Gasteiger partial charge in [0, 0.05) is 12.1 Å². The Hall–Kier alpha value is -4.07. The van der Waals surface area contributed by atoms with Gasteiger partial charge in [0.05, 0.1) is 12.5 Å². The highest BCUT2D eigenvalue weighted by Gasteiger charge is 2.42. The number of rotatable bonds is 8. The second-order valence-corrected chi connectivity index (χ2v) is 8.05. The van der Waals surface area contributed by atoms with Crippen molar-refractivity contribution in [2.24, 2.45) is 0 Å². The fourth-order valence-corrected chi connectivity index (χ4v) is 4.10. The van der Waals surface area contributed by atoms with Crippen molar-refractivity contribution in [1.29, 1.82) is 0 Å². The van der Waals surface area contributed by atoms with Gasteiger partial charge in [-0.15, -0.1) is 0 Å². The fraction of sp³-hybridized carbons (Fsp3) is 0.269. The number of amides is 3. The van der Waals surface area contributed by atoms with Gasteiger partial charge in [-0.3, -0.25) is 19.7 Å². The molecule has 0 spiro atoms. The number of methoxy groups -OCH3 is 1. The molecule has 0 bridgehead atoms. The van der Waals surface area contributed by atoms with Gasteiger partial charge in [0.2, 0.25) is 11.8 Å². The topological polar surface area (TPSA) is 107 Å². The lowest BCUT2D eigenvalue weighted by atomic mass is 9.72. The minimum atomic E-state index is -0.742. The molecule has 1 aliphatic rings. The van der Waals surface area contributed by atoms with Gasteiger partial charge in [0.25, 0.3) is 5.91 Å². The SMILES string of the molecule is CCC1(c2ccc(NC(=O)c3ccc(COc4ccccc4OC)o3)cc2)CCC(=O)NC1=O. The third-order valence-corrected chi connectivity index (χ3v) is 6.09. The van der Waals surface area contributed by atoms with Crippen LogP contribution >= 0.6 is 0 Å². The van der Waals surface area contributed by atoms with Crippen molar-refractivity contribution in [3.63, 3.8) is 0 Å². The lowest BCUT2D eigenvalue weighted by Gasteiger charge is -2.35. The van der Waals surface area contributed by atoms with E-state index in [1.165, 1.54) is 0 Å². The van der Waals surface area contributed by atoms with Crippen LogP contribution in [-0.2, 0) is 21.6 Å². The minimum Gasteiger partial charge on any atom is -0.493 e. The molecule has 0 saturated carbocycles. The van der Waals surface area contributed by atoms with E-state index < -0.39 is 11.3 Å². The number of benzene rings is 2. The molecule has 4 rings (SSSR count). The van der Waals surface area contributed by atoms with E-state index in [1.54, 1.807) is 43.5 Å². The first kappa shape index (κ1) is 23.1. The lowest BCUT2D eigenvalue weighted by molar-refractivity contribution is -0.138. The summed E-state index contributed by atoms with van der Waals surface area (Å²) in [7, 11) is 1.57. The van der Waals surface area contributed by atoms with E-state index in [4.69, 9.17) is 13.9 Å². The van der Waals surface area contributed by atoms with E-state index in [0.717, 1.165) is 5.56 Å². The van der Waals surface area contributed by atoms with E-state index in [-0.39, 0.29) is 24.2 Å². The summed E-state index contributed by atoms with van der Waals surface area (Å²) in [5, 5.41) is 5.23. The summed E-state index contributed by atoms with van der Waals surface area (Å²) < 4.78 is 16.6. The third kappa shape index (κ3) is 4.66. The Balaban J connectivity index is 1.39. The standard InChI is InChI=1S/C26H26N2O6/c1-3-26(15-14-23(29)28-25(26)31)17-8-10-18(11-9-17)27-24(30)22-13-12-19(34-22)16-33-21-7-5-4-6-20(21)32-2/h4-13H,3,14-16H2,1-2H3,(H,27,30)(H,28,29,31). The van der Waals surface area contributed by atoms with Crippen LogP contribution in [0.2, 0.25) is 0 Å². The number of carbonyl (C=O) groups is 3. The molecule has 2 heterocycles. The Morgan fingerprint density at radius 1 is 1.06 bits per heavy atom. The first-order chi connectivity index (χ1) is 16.4. The summed E-state index contributed by atoms with van der Waals surface area (Å²) in [5.41, 5.74) is 0.635. The van der Waals surface area contributed by atoms with Gasteiger partial charge in [-0.2, -0.15) is 0 Å². The van der Waals surface area contributed by atoms with E-state index in [9.17, 15) is 14.4 Å². The number of ether oxygens (including phenoxy) is 2. The maximum Gasteiger partial charge on any atom is 0.291 e. The smallest absolute Gasteiger partial charge is 0.291 e. The average Bonchev–Trinajstić information content (AvgIpc) is 3.33. The van der Waals surface area contributed by atoms with Gasteiger partial charge < -0.3 is 19.2 Å². The summed E-state index contributed by atoms with van der Waals surface area (Å²) in [6, 6.07) is 17.6. The molecule has 3 aromatic rings. The van der Waals surface area contributed by atoms with E-state index in [2.05, 4.69) is 10.6 Å². The fourth-order valence-electron chi connectivity index (χ4n) is 4.10. The number of furan rings is 1. The molecule has 0 radical (unpaired) electrons. The summed E-state index contributed by atoms with van der Waals surface area (Å²) in [4.78, 5) is 36.7. The van der Waals surface area contributed by atoms with E-state index >= 15 is 0 Å². The number of nitrogens with one attached hydrogen (secondary N) is 2. The third-order valence-electron chi connectivity index (χ3n) is 6.09. The van der Waals surface area contributed by atoms with E-state index in [1.807, 2.05) is 31.2 Å². The molecule has 176 valence electrons. The van der Waals surface area contributed by atoms with Crippen LogP contribution in [0.3, 0.4) is 0 Å². The molecule has 1 atom stereocenters. The molecule has 1 saturated heterocycles. The average molecular weight is 463 g/mol. The van der Waals surface area contributed by atoms with Crippen molar-refractivity contribution in [1.82, 2.24) is 5.32 Å². The molecule has 34 heavy (non-hydrogen) atoms. The molecular formula is C26H26N2O6. The highest BCUT2D eigenvalue weighted by Crippen LogP contribution is 2.36. The highest BCUT2D eigenvalue weighted by atomic mass is 16.5. The molecule has 2 N–H and O–H groups in total. The zero-order chi connectivity index (χ0) is 24.1. The molecule has 1 fully saturated rings. The summed E-state index contributed by atoms with van der Waals surface area (Å²) >= 11 is 0. The van der Waals surface area contributed by atoms with Crippen LogP contribution in [0.25, 0.3) is 0 Å². The van der Waals surface area contributed by atoms with Crippen LogP contribution in [0.15, 0.2) is 65.1 Å². The molecule has 1 unspecified atom stereocenters. The van der Waals surface area contributed by atoms with Crippen molar-refractivity contribution in [2.45, 2.75) is 38.2 Å². The maximum absolute atomic E-state index is 12.6. The zero-order valence-electron chi connectivity index (χ0n) is 19.1. The Bertz CT molecular complexity index is 1200. The second kappa shape index (κ2) is 9.82. The Morgan fingerprint density at radius 3 is 2.47 bits per heavy atom. The van der Waals surface area contributed by atoms with Gasteiger partial charge in [-0.25, -0.2) is 0 Å². The van der Waals surface area contributed by atoms with Crippen molar-refractivity contribution < 1.29 is 28.3 Å². The van der Waals surface area contributed by atoms with Crippen LogP contribution in [0, 0.1) is 0 Å². The van der Waals surface area contributed by atoms with Crippen molar-refractivity contribution >= 4 is 23.4 Å². The minimum absolute atomic E-state index is 0.145. The second-order valence-electron chi connectivity index (χ2n) is 8.05. The highest BCUT2D eigenvalue weighted by molar-refractivity contribution is 6.04. The Kier molecular flexibility index (Phi) is 6.67. The van der Waals surface area contributed by atoms with Crippen LogP contribution < -0.4 is 20.1 Å². The molecule has 3 amide bonds. The van der Waals surface area contributed by atoms with Gasteiger partial charge in [-0.1, -0.05) is 31.2 Å². The molecule has 8 nitrogen and oxygen atoms in total. The largest absolute Gasteiger partial charge is 0.493 e. The zero-order valence-corrected chi connectivity index (χ0v) is 19.1. The van der Waals surface area contributed by atoms with Gasteiger partial charge in [0.15, 0.2) is 17.3 Å². The van der Waals surface area contributed by atoms with Crippen molar-refractivity contribution in [2.75, 3.05) is 12.4 Å². The monoisotopic (exact) mass is 462 g/mol. The first-order valence-electron chi connectivity index (χ1n) is 11.1. The van der Waals surface area contributed by atoms with Crippen LogP contribution in [0.1, 0.15) is 48.1 Å². The quantitative estimate of drug-likeness (QED) is 0.486. The summed E-state index contributed by atoms with van der Waals surface area (Å²) in [6.45, 7) is 2.07. The number of piperidine rings is 1. The predicted octanol–water partition coefficient (Wildman–Crippen LogP) is 4.20. The number of anilines is 1. The van der Waals surface area contributed by atoms with Crippen molar-refractivity contribution in [3.05, 3.63) is 77.7 Å². The molecule has 2 aromatic carbocycles. The number of hydrogen-bond donors (Lipinski definition) is 2. The lowest BCUT2D eigenvalue weighted by Crippen LogP contribution is -2.51. The van der Waals surface area contributed by atoms with Gasteiger partial charge in [-0.05, 0) is 54.8 Å². The molecule has 1 aromatic heterocycles. The number of para-hydroxylation sites is 2. The molecule has 8 heteroatoms. The number of carbonyl (C=O) groups excluding carboxylic acids is 3. The van der Waals surface area contributed by atoms with Crippen LogP contribution in [0.5, 0.6) is 11.5 Å². The van der Waals surface area contributed by atoms with Gasteiger partial charge in [0.1, 0.15) is 12.4 Å². The molecule has 0 aliphatic carbocycles. The predicted molar refractivity (Wildman–Crippen MR) is 125 cm³/mol. The molecule has 1 aliphatic heterocycles. The number of imide groups is 1. The van der Waals surface area contributed by atoms with Crippen LogP contribution in [-0.4, -0.2) is 24.8 Å². The Labute approximate surface area is 197 Å². The molecular weight excluding hydrogens is 436 g/mol. The normalized spacial score (nSPS) is 17.7. The summed E-state index contributed by atoms with van der Waals surface area (Å²) in [6.07, 6.45) is 1.34.